The molecule has 0 bridgehead atoms. The summed E-state index contributed by atoms with van der Waals surface area (Å²) in [6.07, 6.45) is 5.70. The van der Waals surface area contributed by atoms with Crippen LogP contribution in [0.4, 0.5) is 0 Å². The molecule has 2 aromatic heterocycles. The molecule has 2 aromatic carbocycles. The Bertz CT molecular complexity index is 1250. The van der Waals surface area contributed by atoms with Crippen molar-refractivity contribution in [1.82, 2.24) is 0 Å². The van der Waals surface area contributed by atoms with Gasteiger partial charge in [-0.05, 0) is 48.2 Å². The van der Waals surface area contributed by atoms with Crippen molar-refractivity contribution in [3.8, 4) is 22.5 Å². The van der Waals surface area contributed by atoms with E-state index in [1.807, 2.05) is 0 Å². The van der Waals surface area contributed by atoms with Gasteiger partial charge in [0.1, 0.15) is 6.54 Å². The zero-order valence-corrected chi connectivity index (χ0v) is 16.3. The van der Waals surface area contributed by atoms with Crippen LogP contribution < -0.4 is 9.13 Å². The van der Waals surface area contributed by atoms with Gasteiger partial charge in [-0.15, -0.1) is 0 Å². The molecule has 0 fully saturated rings. The molecule has 2 nitrogen and oxygen atoms in total. The Kier molecular flexibility index (Phi) is 3.43. The van der Waals surface area contributed by atoms with Crippen molar-refractivity contribution in [1.29, 1.82) is 0 Å². The fourth-order valence-corrected chi connectivity index (χ4v) is 5.31. The summed E-state index contributed by atoms with van der Waals surface area (Å²) in [6, 6.07) is 22.5. The largest absolute Gasteiger partial charge is 0.214 e. The number of pyridine rings is 2. The number of aryl methyl sites for hydroxylation is 4. The minimum Gasteiger partial charge on any atom is -0.198 e. The smallest absolute Gasteiger partial charge is 0.198 e. The predicted octanol–water partition coefficient (Wildman–Crippen LogP) is 4.56. The molecule has 0 aliphatic carbocycles. The molecule has 4 heterocycles. The van der Waals surface area contributed by atoms with E-state index in [2.05, 4.69) is 82.9 Å². The van der Waals surface area contributed by atoms with Crippen LogP contribution in [0.1, 0.15) is 23.1 Å². The molecule has 2 heteroatoms. The topological polar surface area (TPSA) is 7.76 Å². The number of aromatic nitrogens is 2. The minimum atomic E-state index is 1.05. The first kappa shape index (κ1) is 16.0. The molecule has 6 rings (SSSR count). The molecule has 28 heavy (non-hydrogen) atoms. The van der Waals surface area contributed by atoms with Crippen molar-refractivity contribution in [2.24, 2.45) is 0 Å². The summed E-state index contributed by atoms with van der Waals surface area (Å²) in [4.78, 5) is 0. The van der Waals surface area contributed by atoms with Crippen LogP contribution in [0.15, 0.2) is 66.9 Å². The van der Waals surface area contributed by atoms with Gasteiger partial charge in [-0.2, -0.15) is 9.13 Å². The Hall–Kier alpha value is -3.00. The maximum atomic E-state index is 2.54. The third-order valence-electron chi connectivity index (χ3n) is 6.56. The third-order valence-corrected chi connectivity index (χ3v) is 6.56. The molecule has 0 atom stereocenters. The second kappa shape index (κ2) is 6.00. The van der Waals surface area contributed by atoms with Gasteiger partial charge in [-0.25, -0.2) is 0 Å². The number of para-hydroxylation sites is 1. The highest BCUT2D eigenvalue weighted by Crippen LogP contribution is 2.40. The lowest BCUT2D eigenvalue weighted by molar-refractivity contribution is -0.686. The molecule has 0 radical (unpaired) electrons. The fraction of sp³-hybridized carbons (Fsp3) is 0.231. The normalized spacial score (nSPS) is 14.6. The second-order valence-electron chi connectivity index (χ2n) is 8.14. The summed E-state index contributed by atoms with van der Waals surface area (Å²) in [5.74, 6) is 0. The maximum Gasteiger partial charge on any atom is 0.214 e. The minimum absolute atomic E-state index is 1.05. The van der Waals surface area contributed by atoms with Gasteiger partial charge in [0.2, 0.25) is 16.9 Å². The fourth-order valence-electron chi connectivity index (χ4n) is 5.31. The van der Waals surface area contributed by atoms with Crippen molar-refractivity contribution < 1.29 is 9.13 Å². The SMILES string of the molecule is Cc1cc2c(c3c1CC[n+]1c-3ccc3ccccc31)-c1cccc[n+]1CCC2. The summed E-state index contributed by atoms with van der Waals surface area (Å²) in [5.41, 5.74) is 11.5. The van der Waals surface area contributed by atoms with Crippen molar-refractivity contribution >= 4 is 10.9 Å². The van der Waals surface area contributed by atoms with Crippen LogP contribution in [-0.2, 0) is 25.9 Å². The number of fused-ring (bicyclic) bond motifs is 9. The molecule has 0 N–H and O–H groups in total. The molecule has 136 valence electrons. The highest BCUT2D eigenvalue weighted by Gasteiger charge is 2.34. The van der Waals surface area contributed by atoms with E-state index in [0.29, 0.717) is 0 Å². The molecule has 0 unspecified atom stereocenters. The Morgan fingerprint density at radius 2 is 1.68 bits per heavy atom. The van der Waals surface area contributed by atoms with Gasteiger partial charge in [-0.3, -0.25) is 0 Å². The van der Waals surface area contributed by atoms with Crippen molar-refractivity contribution in [2.45, 2.75) is 39.3 Å². The van der Waals surface area contributed by atoms with Gasteiger partial charge in [0, 0.05) is 42.5 Å². The van der Waals surface area contributed by atoms with Crippen LogP contribution in [0, 0.1) is 6.92 Å². The number of hydrogen-bond donors (Lipinski definition) is 0. The first-order valence-electron chi connectivity index (χ1n) is 10.4. The number of nitrogens with zero attached hydrogens (tertiary/aromatic N) is 2. The van der Waals surface area contributed by atoms with Crippen LogP contribution in [-0.4, -0.2) is 0 Å². The summed E-state index contributed by atoms with van der Waals surface area (Å²) < 4.78 is 4.98. The zero-order chi connectivity index (χ0) is 18.7. The van der Waals surface area contributed by atoms with E-state index in [4.69, 9.17) is 0 Å². The highest BCUT2D eigenvalue weighted by molar-refractivity contribution is 5.87. The van der Waals surface area contributed by atoms with E-state index in [0.717, 1.165) is 25.9 Å². The first-order valence-corrected chi connectivity index (χ1v) is 10.4. The molecule has 4 aromatic rings. The predicted molar refractivity (Wildman–Crippen MR) is 112 cm³/mol. The van der Waals surface area contributed by atoms with Crippen LogP contribution in [0.5, 0.6) is 0 Å². The van der Waals surface area contributed by atoms with Gasteiger partial charge < -0.3 is 0 Å². The van der Waals surface area contributed by atoms with Crippen molar-refractivity contribution in [3.05, 3.63) is 83.6 Å². The van der Waals surface area contributed by atoms with Crippen LogP contribution in [0.3, 0.4) is 0 Å². The Balaban J connectivity index is 1.75. The average molecular weight is 364 g/mol. The van der Waals surface area contributed by atoms with E-state index in [1.54, 1.807) is 0 Å². The Morgan fingerprint density at radius 3 is 2.64 bits per heavy atom. The van der Waals surface area contributed by atoms with Gasteiger partial charge in [-0.1, -0.05) is 18.2 Å². The van der Waals surface area contributed by atoms with E-state index < -0.39 is 0 Å². The van der Waals surface area contributed by atoms with E-state index in [-0.39, 0.29) is 0 Å². The number of benzene rings is 2. The summed E-state index contributed by atoms with van der Waals surface area (Å²) in [6.45, 7) is 4.45. The molecule has 0 amide bonds. The molecule has 0 saturated heterocycles. The van der Waals surface area contributed by atoms with E-state index in [1.165, 1.54) is 56.5 Å². The second-order valence-corrected chi connectivity index (χ2v) is 8.14. The molecule has 0 saturated carbocycles. The lowest BCUT2D eigenvalue weighted by atomic mass is 9.84. The average Bonchev–Trinajstić information content (AvgIpc) is 2.92. The summed E-state index contributed by atoms with van der Waals surface area (Å²) in [5, 5.41) is 1.32. The number of hydrogen-bond acceptors (Lipinski definition) is 0. The van der Waals surface area contributed by atoms with Gasteiger partial charge in [0.15, 0.2) is 12.7 Å². The van der Waals surface area contributed by atoms with E-state index in [9.17, 15) is 0 Å². The van der Waals surface area contributed by atoms with Crippen molar-refractivity contribution in [3.63, 3.8) is 0 Å². The number of rotatable bonds is 0. The molecular formula is C26H24N2+2. The lowest BCUT2D eigenvalue weighted by Crippen LogP contribution is -2.42. The van der Waals surface area contributed by atoms with Gasteiger partial charge in [0.05, 0.1) is 11.1 Å². The van der Waals surface area contributed by atoms with Gasteiger partial charge in [0.25, 0.3) is 0 Å². The third kappa shape index (κ3) is 2.21. The Labute approximate surface area is 165 Å². The summed E-state index contributed by atoms with van der Waals surface area (Å²) >= 11 is 0. The van der Waals surface area contributed by atoms with Crippen molar-refractivity contribution in [2.75, 3.05) is 0 Å². The van der Waals surface area contributed by atoms with Crippen LogP contribution >= 0.6 is 0 Å². The summed E-state index contributed by atoms with van der Waals surface area (Å²) in [7, 11) is 0. The Morgan fingerprint density at radius 1 is 0.786 bits per heavy atom. The standard InChI is InChI=1S/C26H24N2/c1-18-17-20-8-6-15-27-14-5-4-10-23(27)25(20)26-21(18)13-16-28-22-9-3-2-7-19(22)11-12-24(26)28/h2-5,7,9-12,14,17H,6,8,13,15-16H2,1H3/q+2. The van der Waals surface area contributed by atoms with Crippen LogP contribution in [0.25, 0.3) is 33.4 Å². The lowest BCUT2D eigenvalue weighted by Gasteiger charge is -2.22. The van der Waals surface area contributed by atoms with E-state index >= 15 is 0 Å². The highest BCUT2D eigenvalue weighted by atomic mass is 15.0. The monoisotopic (exact) mass is 364 g/mol. The molecule has 2 aliphatic heterocycles. The quantitative estimate of drug-likeness (QED) is 0.404. The first-order chi connectivity index (χ1) is 13.8. The molecular weight excluding hydrogens is 340 g/mol. The van der Waals surface area contributed by atoms with Crippen LogP contribution in [0.2, 0.25) is 0 Å². The molecule has 2 aliphatic rings. The zero-order valence-electron chi connectivity index (χ0n) is 16.3. The van der Waals surface area contributed by atoms with Gasteiger partial charge >= 0.3 is 0 Å². The maximum absolute atomic E-state index is 2.54. The molecule has 0 spiro atoms.